The first-order valence-electron chi connectivity index (χ1n) is 5.53. The number of nitrogens with zero attached hydrogens (tertiary/aromatic N) is 1. The van der Waals surface area contributed by atoms with Crippen LogP contribution in [0.15, 0.2) is 35.1 Å². The summed E-state index contributed by atoms with van der Waals surface area (Å²) in [6.45, 7) is 0.487. The molecule has 0 aliphatic carbocycles. The number of carbonyl (C=O) groups is 1. The van der Waals surface area contributed by atoms with Crippen molar-refractivity contribution in [3.63, 3.8) is 0 Å². The molecular formula is C13H13ClN2O3. The fourth-order valence-corrected chi connectivity index (χ4v) is 2.28. The van der Waals surface area contributed by atoms with Crippen molar-refractivity contribution in [3.05, 3.63) is 46.9 Å². The van der Waals surface area contributed by atoms with E-state index in [1.165, 1.54) is 12.1 Å². The molecule has 0 aliphatic rings. The predicted molar refractivity (Wildman–Crippen MR) is 73.6 cm³/mol. The Bertz CT molecular complexity index is 596. The van der Waals surface area contributed by atoms with Crippen molar-refractivity contribution in [2.24, 2.45) is 0 Å². The molecule has 0 unspecified atom stereocenters. The second-order valence-electron chi connectivity index (χ2n) is 4.19. The molecular weight excluding hydrogens is 268 g/mol. The fourth-order valence-electron chi connectivity index (χ4n) is 1.91. The van der Waals surface area contributed by atoms with Crippen molar-refractivity contribution in [1.82, 2.24) is 0 Å². The van der Waals surface area contributed by atoms with E-state index in [4.69, 9.17) is 21.8 Å². The van der Waals surface area contributed by atoms with E-state index in [-0.39, 0.29) is 5.56 Å². The maximum absolute atomic E-state index is 11.3. The molecule has 1 aromatic carbocycles. The Morgan fingerprint density at radius 1 is 1.53 bits per heavy atom. The average molecular weight is 281 g/mol. The third-order valence-corrected chi connectivity index (χ3v) is 2.99. The van der Waals surface area contributed by atoms with E-state index in [0.717, 1.165) is 5.56 Å². The largest absolute Gasteiger partial charge is 0.478 e. The quantitative estimate of drug-likeness (QED) is 0.842. The van der Waals surface area contributed by atoms with Gasteiger partial charge in [-0.2, -0.15) is 0 Å². The molecule has 1 aromatic heterocycles. The van der Waals surface area contributed by atoms with Gasteiger partial charge in [-0.1, -0.05) is 11.6 Å². The summed E-state index contributed by atoms with van der Waals surface area (Å²) in [5.41, 5.74) is 7.38. The molecule has 0 spiro atoms. The van der Waals surface area contributed by atoms with Crippen LogP contribution in [-0.2, 0) is 6.54 Å². The van der Waals surface area contributed by atoms with Crippen molar-refractivity contribution in [1.29, 1.82) is 0 Å². The maximum atomic E-state index is 11.3. The number of hydrogen-bond donors (Lipinski definition) is 2. The summed E-state index contributed by atoms with van der Waals surface area (Å²) < 4.78 is 4.98. The zero-order valence-electron chi connectivity index (χ0n) is 10.3. The fraction of sp³-hybridized carbons (Fsp3) is 0.154. The second kappa shape index (κ2) is 5.24. The topological polar surface area (TPSA) is 79.7 Å². The number of anilines is 2. The van der Waals surface area contributed by atoms with Gasteiger partial charge in [-0.3, -0.25) is 0 Å². The van der Waals surface area contributed by atoms with E-state index >= 15 is 0 Å². The zero-order valence-corrected chi connectivity index (χ0v) is 11.0. The van der Waals surface area contributed by atoms with E-state index < -0.39 is 5.97 Å². The lowest BCUT2D eigenvalue weighted by molar-refractivity contribution is 0.0697. The lowest BCUT2D eigenvalue weighted by atomic mass is 10.1. The third-order valence-electron chi connectivity index (χ3n) is 2.70. The smallest absolute Gasteiger partial charge is 0.337 e. The van der Waals surface area contributed by atoms with Gasteiger partial charge in [0, 0.05) is 24.8 Å². The number of hydrogen-bond acceptors (Lipinski definition) is 4. The van der Waals surface area contributed by atoms with Crippen LogP contribution >= 0.6 is 11.6 Å². The van der Waals surface area contributed by atoms with Gasteiger partial charge in [0.2, 0.25) is 0 Å². The number of carboxylic acids is 1. The molecule has 0 atom stereocenters. The van der Waals surface area contributed by atoms with Gasteiger partial charge in [0.1, 0.15) is 0 Å². The van der Waals surface area contributed by atoms with Crippen LogP contribution < -0.4 is 10.6 Å². The Labute approximate surface area is 115 Å². The summed E-state index contributed by atoms with van der Waals surface area (Å²) >= 11 is 6.11. The van der Waals surface area contributed by atoms with Gasteiger partial charge >= 0.3 is 5.97 Å². The Hall–Kier alpha value is -2.14. The molecule has 0 saturated heterocycles. The third kappa shape index (κ3) is 2.82. The molecule has 0 amide bonds. The number of rotatable bonds is 4. The van der Waals surface area contributed by atoms with Gasteiger partial charge in [-0.15, -0.1) is 0 Å². The SMILES string of the molecule is CN(Cc1ccoc1)c1c(Cl)cc(N)cc1C(=O)O. The number of carboxylic acid groups (broad SMARTS) is 1. The standard InChI is InChI=1S/C13H13ClN2O3/c1-16(6-8-2-3-19-7-8)12-10(13(17)18)4-9(15)5-11(12)14/h2-5,7H,6,15H2,1H3,(H,17,18). The summed E-state index contributed by atoms with van der Waals surface area (Å²) in [6, 6.07) is 4.74. The highest BCUT2D eigenvalue weighted by molar-refractivity contribution is 6.34. The van der Waals surface area contributed by atoms with Crippen LogP contribution in [0.2, 0.25) is 5.02 Å². The summed E-state index contributed by atoms with van der Waals surface area (Å²) in [6.07, 6.45) is 3.16. The molecule has 0 fully saturated rings. The summed E-state index contributed by atoms with van der Waals surface area (Å²) in [7, 11) is 1.76. The minimum Gasteiger partial charge on any atom is -0.478 e. The molecule has 0 aliphatic heterocycles. The highest BCUT2D eigenvalue weighted by Gasteiger charge is 2.18. The van der Waals surface area contributed by atoms with Crippen molar-refractivity contribution >= 4 is 28.9 Å². The maximum Gasteiger partial charge on any atom is 0.337 e. The number of furan rings is 1. The second-order valence-corrected chi connectivity index (χ2v) is 4.60. The lowest BCUT2D eigenvalue weighted by Gasteiger charge is -2.22. The molecule has 0 saturated carbocycles. The van der Waals surface area contributed by atoms with Gasteiger partial charge in [0.15, 0.2) is 0 Å². The number of halogens is 1. The Morgan fingerprint density at radius 2 is 2.26 bits per heavy atom. The molecule has 0 bridgehead atoms. The molecule has 19 heavy (non-hydrogen) atoms. The van der Waals surface area contributed by atoms with E-state index in [1.807, 2.05) is 6.07 Å². The van der Waals surface area contributed by atoms with E-state index in [2.05, 4.69) is 0 Å². The van der Waals surface area contributed by atoms with Crippen LogP contribution in [0.5, 0.6) is 0 Å². The van der Waals surface area contributed by atoms with Crippen molar-refractivity contribution in [2.45, 2.75) is 6.54 Å². The zero-order chi connectivity index (χ0) is 14.0. The first kappa shape index (κ1) is 13.3. The van der Waals surface area contributed by atoms with Crippen LogP contribution in [-0.4, -0.2) is 18.1 Å². The van der Waals surface area contributed by atoms with Gasteiger partial charge in [0.05, 0.1) is 28.8 Å². The Balaban J connectivity index is 2.40. The monoisotopic (exact) mass is 280 g/mol. The van der Waals surface area contributed by atoms with Crippen molar-refractivity contribution in [3.8, 4) is 0 Å². The molecule has 1 heterocycles. The number of nitrogens with two attached hydrogens (primary N) is 1. The normalized spacial score (nSPS) is 10.4. The average Bonchev–Trinajstić information content (AvgIpc) is 2.80. The van der Waals surface area contributed by atoms with Crippen molar-refractivity contribution < 1.29 is 14.3 Å². The van der Waals surface area contributed by atoms with E-state index in [0.29, 0.717) is 22.9 Å². The molecule has 2 rings (SSSR count). The van der Waals surface area contributed by atoms with Crippen LogP contribution in [0.4, 0.5) is 11.4 Å². The van der Waals surface area contributed by atoms with Crippen LogP contribution in [0, 0.1) is 0 Å². The van der Waals surface area contributed by atoms with Crippen LogP contribution in [0.1, 0.15) is 15.9 Å². The van der Waals surface area contributed by atoms with Crippen LogP contribution in [0.3, 0.4) is 0 Å². The Kier molecular flexibility index (Phi) is 3.66. The summed E-state index contributed by atoms with van der Waals surface area (Å²) in [5.74, 6) is -1.07. The van der Waals surface area contributed by atoms with Gasteiger partial charge < -0.3 is 20.2 Å². The van der Waals surface area contributed by atoms with Gasteiger partial charge in [-0.25, -0.2) is 4.79 Å². The van der Waals surface area contributed by atoms with E-state index in [9.17, 15) is 9.90 Å². The molecule has 3 N–H and O–H groups in total. The first-order valence-corrected chi connectivity index (χ1v) is 5.91. The molecule has 2 aromatic rings. The first-order chi connectivity index (χ1) is 8.99. The minimum absolute atomic E-state index is 0.0796. The predicted octanol–water partition coefficient (Wildman–Crippen LogP) is 2.85. The number of aromatic carboxylic acids is 1. The van der Waals surface area contributed by atoms with Gasteiger partial charge in [0.25, 0.3) is 0 Å². The summed E-state index contributed by atoms with van der Waals surface area (Å²) in [5, 5.41) is 9.54. The molecule has 5 nitrogen and oxygen atoms in total. The molecule has 6 heteroatoms. The highest BCUT2D eigenvalue weighted by atomic mass is 35.5. The van der Waals surface area contributed by atoms with Crippen LogP contribution in [0.25, 0.3) is 0 Å². The van der Waals surface area contributed by atoms with Gasteiger partial charge in [-0.05, 0) is 18.2 Å². The molecule has 100 valence electrons. The van der Waals surface area contributed by atoms with E-state index in [1.54, 1.807) is 24.5 Å². The highest BCUT2D eigenvalue weighted by Crippen LogP contribution is 2.32. The van der Waals surface area contributed by atoms with Crippen molar-refractivity contribution in [2.75, 3.05) is 17.7 Å². The minimum atomic E-state index is -1.07. The lowest BCUT2D eigenvalue weighted by Crippen LogP contribution is -2.20. The molecule has 0 radical (unpaired) electrons. The number of nitrogen functional groups attached to an aromatic ring is 1. The summed E-state index contributed by atoms with van der Waals surface area (Å²) in [4.78, 5) is 13.0. The Morgan fingerprint density at radius 3 is 2.84 bits per heavy atom. The number of benzene rings is 1.